The molecule has 2 aromatic heterocycles. The maximum atomic E-state index is 13.2. The average Bonchev–Trinajstić information content (AvgIpc) is 3.47. The molecule has 0 saturated carbocycles. The quantitative estimate of drug-likeness (QED) is 0.396. The second-order valence-corrected chi connectivity index (χ2v) is 10.5. The van der Waals surface area contributed by atoms with Gasteiger partial charge in [-0.15, -0.1) is 11.3 Å². The Morgan fingerprint density at radius 2 is 2.14 bits per heavy atom. The number of aliphatic hydroxyl groups is 1. The van der Waals surface area contributed by atoms with Crippen molar-refractivity contribution in [1.82, 2.24) is 25.2 Å². The molecule has 2 aliphatic heterocycles. The van der Waals surface area contributed by atoms with E-state index in [2.05, 4.69) is 25.6 Å². The Labute approximate surface area is 223 Å². The summed E-state index contributed by atoms with van der Waals surface area (Å²) in [6, 6.07) is 5.10. The lowest BCUT2D eigenvalue weighted by atomic mass is 10.0. The highest BCUT2D eigenvalue weighted by molar-refractivity contribution is 7.09. The van der Waals surface area contributed by atoms with E-state index in [1.54, 1.807) is 17.6 Å². The number of anilines is 1. The van der Waals surface area contributed by atoms with Gasteiger partial charge in [0.1, 0.15) is 6.54 Å². The van der Waals surface area contributed by atoms with Gasteiger partial charge in [-0.1, -0.05) is 23.7 Å². The predicted octanol–water partition coefficient (Wildman–Crippen LogP) is 2.96. The Bertz CT molecular complexity index is 1310. The van der Waals surface area contributed by atoms with Crippen molar-refractivity contribution in [3.05, 3.63) is 56.6 Å². The van der Waals surface area contributed by atoms with Crippen LogP contribution in [0.2, 0.25) is 5.02 Å². The number of aryl methyl sites for hydroxylation is 1. The minimum atomic E-state index is -0.618. The molecule has 1 atom stereocenters. The third-order valence-corrected chi connectivity index (χ3v) is 7.48. The van der Waals surface area contributed by atoms with Gasteiger partial charge in [0.15, 0.2) is 0 Å². The molecule has 2 aliphatic rings. The normalized spacial score (nSPS) is 16.5. The summed E-state index contributed by atoms with van der Waals surface area (Å²) in [7, 11) is 0. The number of rotatable bonds is 8. The number of fused-ring (bicyclic) bond motifs is 1. The molecule has 0 bridgehead atoms. The highest BCUT2D eigenvalue weighted by Crippen LogP contribution is 2.31. The van der Waals surface area contributed by atoms with E-state index >= 15 is 0 Å². The molecule has 4 heterocycles. The SMILES string of the molecule is Cc1nc(C(CO)NC(=O)CN2Cc3ccc(-c4nc(NC5CCOCC5)ncc4Cl)cc3C2=O)cs1. The van der Waals surface area contributed by atoms with Crippen molar-refractivity contribution in [3.8, 4) is 11.3 Å². The number of aliphatic hydroxyl groups excluding tert-OH is 1. The number of aromatic nitrogens is 3. The molecule has 3 aromatic rings. The zero-order valence-electron chi connectivity index (χ0n) is 20.2. The first-order valence-electron chi connectivity index (χ1n) is 12.0. The van der Waals surface area contributed by atoms with E-state index in [0.717, 1.165) is 23.4 Å². The Hall–Kier alpha value is -3.12. The molecule has 5 rings (SSSR count). The molecular weight excluding hydrogens is 516 g/mol. The first-order chi connectivity index (χ1) is 17.9. The Kier molecular flexibility index (Phi) is 7.65. The van der Waals surface area contributed by atoms with Gasteiger partial charge in [0.2, 0.25) is 11.9 Å². The van der Waals surface area contributed by atoms with E-state index in [0.29, 0.717) is 53.2 Å². The molecule has 37 heavy (non-hydrogen) atoms. The molecule has 1 aromatic carbocycles. The van der Waals surface area contributed by atoms with E-state index in [9.17, 15) is 14.7 Å². The lowest BCUT2D eigenvalue weighted by Gasteiger charge is -2.23. The summed E-state index contributed by atoms with van der Waals surface area (Å²) in [5, 5.41) is 18.8. The molecule has 1 fully saturated rings. The molecule has 1 saturated heterocycles. The zero-order chi connectivity index (χ0) is 25.9. The number of carbonyl (C=O) groups is 2. The molecule has 0 aliphatic carbocycles. The smallest absolute Gasteiger partial charge is 0.254 e. The van der Waals surface area contributed by atoms with Crippen LogP contribution in [0.1, 0.15) is 45.5 Å². The first-order valence-corrected chi connectivity index (χ1v) is 13.3. The minimum absolute atomic E-state index is 0.129. The van der Waals surface area contributed by atoms with Crippen LogP contribution in [-0.4, -0.2) is 69.2 Å². The van der Waals surface area contributed by atoms with Crippen LogP contribution in [0.25, 0.3) is 11.3 Å². The Balaban J connectivity index is 1.28. The fourth-order valence-corrected chi connectivity index (χ4v) is 5.33. The summed E-state index contributed by atoms with van der Waals surface area (Å²) in [6.45, 7) is 3.16. The molecule has 3 N–H and O–H groups in total. The number of benzene rings is 1. The highest BCUT2D eigenvalue weighted by atomic mass is 35.5. The van der Waals surface area contributed by atoms with Crippen LogP contribution < -0.4 is 10.6 Å². The van der Waals surface area contributed by atoms with Crippen LogP contribution in [-0.2, 0) is 16.1 Å². The molecule has 10 nitrogen and oxygen atoms in total. The lowest BCUT2D eigenvalue weighted by Crippen LogP contribution is -2.40. The summed E-state index contributed by atoms with van der Waals surface area (Å²) in [4.78, 5) is 40.6. The van der Waals surface area contributed by atoms with Crippen LogP contribution in [0, 0.1) is 6.92 Å². The summed E-state index contributed by atoms with van der Waals surface area (Å²) < 4.78 is 5.40. The number of hydrogen-bond donors (Lipinski definition) is 3. The number of ether oxygens (including phenoxy) is 1. The monoisotopic (exact) mass is 542 g/mol. The Morgan fingerprint density at radius 1 is 1.32 bits per heavy atom. The lowest BCUT2D eigenvalue weighted by molar-refractivity contribution is -0.122. The van der Waals surface area contributed by atoms with Gasteiger partial charge >= 0.3 is 0 Å². The molecule has 0 spiro atoms. The van der Waals surface area contributed by atoms with E-state index in [1.165, 1.54) is 16.2 Å². The second kappa shape index (κ2) is 11.1. The first kappa shape index (κ1) is 25.5. The summed E-state index contributed by atoms with van der Waals surface area (Å²) in [5.41, 5.74) is 3.16. The van der Waals surface area contributed by atoms with Crippen LogP contribution in [0.15, 0.2) is 29.8 Å². The second-order valence-electron chi connectivity index (χ2n) is 9.05. The van der Waals surface area contributed by atoms with Crippen molar-refractivity contribution >= 4 is 40.7 Å². The topological polar surface area (TPSA) is 130 Å². The van der Waals surface area contributed by atoms with Gasteiger partial charge in [-0.3, -0.25) is 9.59 Å². The number of nitrogens with zero attached hydrogens (tertiary/aromatic N) is 4. The predicted molar refractivity (Wildman–Crippen MR) is 140 cm³/mol. The van der Waals surface area contributed by atoms with E-state index in [1.807, 2.05) is 19.1 Å². The minimum Gasteiger partial charge on any atom is -0.394 e. The van der Waals surface area contributed by atoms with Crippen LogP contribution in [0.5, 0.6) is 0 Å². The van der Waals surface area contributed by atoms with Gasteiger partial charge < -0.3 is 25.4 Å². The van der Waals surface area contributed by atoms with Crippen LogP contribution in [0.3, 0.4) is 0 Å². The van der Waals surface area contributed by atoms with Crippen molar-refractivity contribution in [2.75, 3.05) is 31.7 Å². The molecule has 1 unspecified atom stereocenters. The fourth-order valence-electron chi connectivity index (χ4n) is 4.47. The van der Waals surface area contributed by atoms with Gasteiger partial charge in [0.05, 0.1) is 40.3 Å². The largest absolute Gasteiger partial charge is 0.394 e. The maximum Gasteiger partial charge on any atom is 0.254 e. The zero-order valence-corrected chi connectivity index (χ0v) is 21.8. The van der Waals surface area contributed by atoms with Crippen molar-refractivity contribution in [2.24, 2.45) is 0 Å². The standard InChI is InChI=1S/C25H27ClN6O4S/c1-14-28-21(13-37-14)20(12-33)30-22(34)11-32-10-16-3-2-15(8-18(16)24(32)35)23-19(26)9-27-25(31-23)29-17-4-6-36-7-5-17/h2-3,8-9,13,17,20,33H,4-7,10-12H2,1H3,(H,30,34)(H,27,29,31). The van der Waals surface area contributed by atoms with Crippen LogP contribution >= 0.6 is 22.9 Å². The molecule has 2 amide bonds. The van der Waals surface area contributed by atoms with E-state index < -0.39 is 6.04 Å². The number of nitrogens with one attached hydrogen (secondary N) is 2. The number of thiazole rings is 1. The number of hydrogen-bond acceptors (Lipinski definition) is 9. The summed E-state index contributed by atoms with van der Waals surface area (Å²) >= 11 is 7.87. The highest BCUT2D eigenvalue weighted by Gasteiger charge is 2.30. The van der Waals surface area contributed by atoms with E-state index in [-0.39, 0.29) is 31.0 Å². The molecule has 194 valence electrons. The van der Waals surface area contributed by atoms with Crippen LogP contribution in [0.4, 0.5) is 5.95 Å². The average molecular weight is 543 g/mol. The molecule has 12 heteroatoms. The van der Waals surface area contributed by atoms with Crippen molar-refractivity contribution in [3.63, 3.8) is 0 Å². The third-order valence-electron chi connectivity index (χ3n) is 6.41. The van der Waals surface area contributed by atoms with Gasteiger partial charge in [0.25, 0.3) is 5.91 Å². The van der Waals surface area contributed by atoms with E-state index in [4.69, 9.17) is 16.3 Å². The third kappa shape index (κ3) is 5.74. The molecular formula is C25H27ClN6O4S. The van der Waals surface area contributed by atoms with Crippen molar-refractivity contribution < 1.29 is 19.4 Å². The van der Waals surface area contributed by atoms with Gasteiger partial charge in [-0.05, 0) is 31.4 Å². The van der Waals surface area contributed by atoms with Crippen molar-refractivity contribution in [2.45, 2.75) is 38.4 Å². The Morgan fingerprint density at radius 3 is 2.86 bits per heavy atom. The number of halogens is 1. The fraction of sp³-hybridized carbons (Fsp3) is 0.400. The molecule has 0 radical (unpaired) electrons. The van der Waals surface area contributed by atoms with Gasteiger partial charge in [-0.2, -0.15) is 0 Å². The number of carbonyl (C=O) groups excluding carboxylic acids is 2. The van der Waals surface area contributed by atoms with Gasteiger partial charge in [-0.25, -0.2) is 15.0 Å². The summed E-state index contributed by atoms with van der Waals surface area (Å²) in [5.74, 6) is -0.137. The summed E-state index contributed by atoms with van der Waals surface area (Å²) in [6.07, 6.45) is 3.31. The number of amides is 2. The maximum absolute atomic E-state index is 13.2. The van der Waals surface area contributed by atoms with Crippen molar-refractivity contribution in [1.29, 1.82) is 0 Å². The van der Waals surface area contributed by atoms with Gasteiger partial charge in [0, 0.05) is 42.3 Å².